The van der Waals surface area contributed by atoms with Gasteiger partial charge in [0, 0.05) is 5.92 Å². The van der Waals surface area contributed by atoms with Crippen LogP contribution in [0.4, 0.5) is 0 Å². The first kappa shape index (κ1) is 13.9. The van der Waals surface area contributed by atoms with E-state index in [1.807, 2.05) is 0 Å². The summed E-state index contributed by atoms with van der Waals surface area (Å²) in [6.07, 6.45) is 7.25. The molecule has 0 bridgehead atoms. The smallest absolute Gasteiger partial charge is 0.261 e. The highest BCUT2D eigenvalue weighted by Gasteiger charge is 2.21. The lowest BCUT2D eigenvalue weighted by atomic mass is 10.00. The molecular formula is C16H20N2O3. The van der Waals surface area contributed by atoms with E-state index < -0.39 is 0 Å². The molecule has 1 N–H and O–H groups in total. The third-order valence-corrected chi connectivity index (χ3v) is 4.10. The number of benzene rings is 1. The lowest BCUT2D eigenvalue weighted by molar-refractivity contribution is 0.401. The van der Waals surface area contributed by atoms with Crippen LogP contribution in [0.5, 0.6) is 11.5 Å². The Morgan fingerprint density at radius 2 is 1.95 bits per heavy atom. The minimum absolute atomic E-state index is 0.117. The van der Waals surface area contributed by atoms with Gasteiger partial charge in [0.1, 0.15) is 11.5 Å². The van der Waals surface area contributed by atoms with Crippen molar-refractivity contribution in [3.05, 3.63) is 24.0 Å². The number of methoxy groups -OCH3 is 1. The van der Waals surface area contributed by atoms with Gasteiger partial charge in [-0.1, -0.05) is 30.8 Å². The molecule has 1 aromatic carbocycles. The monoisotopic (exact) mass is 288 g/mol. The van der Waals surface area contributed by atoms with Gasteiger partial charge in [-0.3, -0.25) is 0 Å². The number of aromatic nitrogens is 2. The highest BCUT2D eigenvalue weighted by Crippen LogP contribution is 2.34. The lowest BCUT2D eigenvalue weighted by Gasteiger charge is -2.07. The molecule has 1 saturated carbocycles. The van der Waals surface area contributed by atoms with Crippen molar-refractivity contribution in [2.24, 2.45) is 0 Å². The van der Waals surface area contributed by atoms with E-state index in [4.69, 9.17) is 9.26 Å². The SMILES string of the molecule is COc1ccc(O)c(-c2nc(C3CCCCCC3)no2)c1. The molecular weight excluding hydrogens is 268 g/mol. The van der Waals surface area contributed by atoms with Crippen LogP contribution >= 0.6 is 0 Å². The van der Waals surface area contributed by atoms with Gasteiger partial charge < -0.3 is 14.4 Å². The Bertz CT molecular complexity index is 601. The molecule has 112 valence electrons. The Hall–Kier alpha value is -2.04. The number of phenols is 1. The molecule has 1 aliphatic rings. The number of phenolic OH excluding ortho intramolecular Hbond substituents is 1. The quantitative estimate of drug-likeness (QED) is 0.868. The number of aromatic hydroxyl groups is 1. The molecule has 1 aliphatic carbocycles. The average Bonchev–Trinajstić information content (AvgIpc) is 2.83. The van der Waals surface area contributed by atoms with Crippen LogP contribution in [0.15, 0.2) is 22.7 Å². The van der Waals surface area contributed by atoms with Crippen molar-refractivity contribution in [1.29, 1.82) is 0 Å². The maximum absolute atomic E-state index is 9.97. The zero-order valence-electron chi connectivity index (χ0n) is 12.2. The Balaban J connectivity index is 1.87. The second-order valence-electron chi connectivity index (χ2n) is 5.53. The van der Waals surface area contributed by atoms with Crippen LogP contribution in [0.3, 0.4) is 0 Å². The summed E-state index contributed by atoms with van der Waals surface area (Å²) < 4.78 is 10.5. The molecule has 0 atom stereocenters. The van der Waals surface area contributed by atoms with Crippen molar-refractivity contribution in [3.63, 3.8) is 0 Å². The van der Waals surface area contributed by atoms with Gasteiger partial charge in [-0.2, -0.15) is 4.98 Å². The standard InChI is InChI=1S/C16H20N2O3/c1-20-12-8-9-14(19)13(10-12)16-17-15(18-21-16)11-6-4-2-3-5-7-11/h8-11,19H,2-7H2,1H3. The van der Waals surface area contributed by atoms with Gasteiger partial charge in [-0.25, -0.2) is 0 Å². The molecule has 0 radical (unpaired) electrons. The molecule has 1 aromatic heterocycles. The van der Waals surface area contributed by atoms with E-state index in [9.17, 15) is 5.11 Å². The maximum atomic E-state index is 9.97. The summed E-state index contributed by atoms with van der Waals surface area (Å²) in [5.74, 6) is 2.25. The summed E-state index contributed by atoms with van der Waals surface area (Å²) >= 11 is 0. The molecule has 0 saturated heterocycles. The second kappa shape index (κ2) is 6.16. The van der Waals surface area contributed by atoms with Gasteiger partial charge in [0.2, 0.25) is 0 Å². The summed E-state index contributed by atoms with van der Waals surface area (Å²) in [5, 5.41) is 14.1. The van der Waals surface area contributed by atoms with Gasteiger partial charge in [0.15, 0.2) is 5.82 Å². The molecule has 2 aromatic rings. The zero-order valence-corrected chi connectivity index (χ0v) is 12.2. The van der Waals surface area contributed by atoms with E-state index in [0.717, 1.165) is 18.7 Å². The third-order valence-electron chi connectivity index (χ3n) is 4.10. The Kier molecular flexibility index (Phi) is 4.08. The van der Waals surface area contributed by atoms with Crippen LogP contribution in [0.1, 0.15) is 50.3 Å². The maximum Gasteiger partial charge on any atom is 0.261 e. The molecule has 1 fully saturated rings. The van der Waals surface area contributed by atoms with Crippen LogP contribution < -0.4 is 4.74 Å². The highest BCUT2D eigenvalue weighted by atomic mass is 16.5. The van der Waals surface area contributed by atoms with Crippen LogP contribution in [0.2, 0.25) is 0 Å². The number of hydrogen-bond donors (Lipinski definition) is 1. The minimum atomic E-state index is 0.117. The Morgan fingerprint density at radius 1 is 1.19 bits per heavy atom. The van der Waals surface area contributed by atoms with E-state index in [2.05, 4.69) is 10.1 Å². The predicted octanol–water partition coefficient (Wildman–Crippen LogP) is 3.89. The van der Waals surface area contributed by atoms with Crippen LogP contribution in [-0.4, -0.2) is 22.4 Å². The van der Waals surface area contributed by atoms with E-state index in [0.29, 0.717) is 23.1 Å². The van der Waals surface area contributed by atoms with Crippen molar-refractivity contribution < 1.29 is 14.4 Å². The first-order chi connectivity index (χ1) is 10.3. The molecule has 0 unspecified atom stereocenters. The third kappa shape index (κ3) is 3.01. The summed E-state index contributed by atoms with van der Waals surface area (Å²) in [6, 6.07) is 4.98. The summed E-state index contributed by atoms with van der Waals surface area (Å²) in [5.41, 5.74) is 0.515. The van der Waals surface area contributed by atoms with Crippen LogP contribution in [-0.2, 0) is 0 Å². The van der Waals surface area contributed by atoms with Crippen LogP contribution in [0, 0.1) is 0 Å². The molecule has 0 spiro atoms. The molecule has 5 heteroatoms. The fourth-order valence-electron chi connectivity index (χ4n) is 2.86. The highest BCUT2D eigenvalue weighted by molar-refractivity contribution is 5.64. The van der Waals surface area contributed by atoms with Gasteiger partial charge in [-0.05, 0) is 31.0 Å². The summed E-state index contributed by atoms with van der Waals surface area (Å²) in [4.78, 5) is 4.49. The van der Waals surface area contributed by atoms with Crippen molar-refractivity contribution >= 4 is 0 Å². The van der Waals surface area contributed by atoms with Gasteiger partial charge in [0.25, 0.3) is 5.89 Å². The van der Waals surface area contributed by atoms with Gasteiger partial charge in [0.05, 0.1) is 12.7 Å². The normalized spacial score (nSPS) is 16.6. The number of rotatable bonds is 3. The van der Waals surface area contributed by atoms with Crippen LogP contribution in [0.25, 0.3) is 11.5 Å². The topological polar surface area (TPSA) is 68.4 Å². The molecule has 3 rings (SSSR count). The first-order valence-electron chi connectivity index (χ1n) is 7.49. The van der Waals surface area contributed by atoms with Gasteiger partial charge in [-0.15, -0.1) is 0 Å². The lowest BCUT2D eigenvalue weighted by Crippen LogP contribution is -1.99. The fraction of sp³-hybridized carbons (Fsp3) is 0.500. The summed E-state index contributed by atoms with van der Waals surface area (Å²) in [6.45, 7) is 0. The van der Waals surface area contributed by atoms with E-state index in [1.165, 1.54) is 25.7 Å². The largest absolute Gasteiger partial charge is 0.507 e. The fourth-order valence-corrected chi connectivity index (χ4v) is 2.86. The molecule has 0 aliphatic heterocycles. The second-order valence-corrected chi connectivity index (χ2v) is 5.53. The summed E-state index contributed by atoms with van der Waals surface area (Å²) in [7, 11) is 1.58. The van der Waals surface area contributed by atoms with Crippen molar-refractivity contribution in [2.45, 2.75) is 44.4 Å². The minimum Gasteiger partial charge on any atom is -0.507 e. The van der Waals surface area contributed by atoms with Crippen molar-refractivity contribution in [2.75, 3.05) is 7.11 Å². The zero-order chi connectivity index (χ0) is 14.7. The number of hydrogen-bond acceptors (Lipinski definition) is 5. The van der Waals surface area contributed by atoms with E-state index in [1.54, 1.807) is 25.3 Å². The van der Waals surface area contributed by atoms with Crippen molar-refractivity contribution in [1.82, 2.24) is 10.1 Å². The Labute approximate surface area is 123 Å². The van der Waals surface area contributed by atoms with E-state index in [-0.39, 0.29) is 5.75 Å². The van der Waals surface area contributed by atoms with Gasteiger partial charge >= 0.3 is 0 Å². The number of nitrogens with zero attached hydrogens (tertiary/aromatic N) is 2. The average molecular weight is 288 g/mol. The predicted molar refractivity (Wildman–Crippen MR) is 78.4 cm³/mol. The number of ether oxygens (including phenoxy) is 1. The van der Waals surface area contributed by atoms with E-state index >= 15 is 0 Å². The Morgan fingerprint density at radius 3 is 2.67 bits per heavy atom. The molecule has 1 heterocycles. The molecule has 21 heavy (non-hydrogen) atoms. The van der Waals surface area contributed by atoms with Crippen molar-refractivity contribution in [3.8, 4) is 23.0 Å². The molecule has 5 nitrogen and oxygen atoms in total. The first-order valence-corrected chi connectivity index (χ1v) is 7.49. The molecule has 0 amide bonds.